The summed E-state index contributed by atoms with van der Waals surface area (Å²) in [5, 5.41) is 0. The molecule has 5 heteroatoms. The number of methoxy groups -OCH3 is 3. The summed E-state index contributed by atoms with van der Waals surface area (Å²) in [5.74, 6) is 2.54. The van der Waals surface area contributed by atoms with Crippen LogP contribution in [0.4, 0.5) is 0 Å². The molecule has 0 fully saturated rings. The minimum Gasteiger partial charge on any atom is -0.496 e. The smallest absolute Gasteiger partial charge is 0.132 e. The molecule has 2 aromatic carbocycles. The molecule has 0 aliphatic rings. The lowest BCUT2D eigenvalue weighted by molar-refractivity contribution is 0.396. The molecule has 0 N–H and O–H groups in total. The summed E-state index contributed by atoms with van der Waals surface area (Å²) in [6, 6.07) is 11.8. The summed E-state index contributed by atoms with van der Waals surface area (Å²) < 4.78 is 17.2. The highest BCUT2D eigenvalue weighted by Crippen LogP contribution is 2.30. The third kappa shape index (κ3) is 4.60. The van der Waals surface area contributed by atoms with Crippen LogP contribution in [0.3, 0.4) is 0 Å². The quantitative estimate of drug-likeness (QED) is 0.498. The molecule has 0 saturated carbocycles. The van der Waals surface area contributed by atoms with E-state index >= 15 is 0 Å². The van der Waals surface area contributed by atoms with Crippen LogP contribution >= 0.6 is 22.6 Å². The molecular formula is C18H20INO3. The Morgan fingerprint density at radius 3 is 2.35 bits per heavy atom. The van der Waals surface area contributed by atoms with E-state index < -0.39 is 0 Å². The van der Waals surface area contributed by atoms with Crippen LogP contribution in [0.1, 0.15) is 11.1 Å². The van der Waals surface area contributed by atoms with Crippen LogP contribution in [0, 0.1) is 3.57 Å². The molecule has 0 spiro atoms. The van der Waals surface area contributed by atoms with Crippen LogP contribution in [0.15, 0.2) is 41.4 Å². The molecule has 0 saturated heterocycles. The van der Waals surface area contributed by atoms with Crippen LogP contribution in [-0.4, -0.2) is 34.1 Å². The van der Waals surface area contributed by atoms with Crippen molar-refractivity contribution in [3.63, 3.8) is 0 Å². The molecule has 0 aliphatic heterocycles. The second kappa shape index (κ2) is 8.76. The van der Waals surface area contributed by atoms with Crippen molar-refractivity contribution in [2.24, 2.45) is 4.99 Å². The van der Waals surface area contributed by atoms with Crippen molar-refractivity contribution in [3.05, 3.63) is 51.1 Å². The number of para-hydroxylation sites is 1. The third-order valence-corrected chi connectivity index (χ3v) is 4.28. The molecule has 0 unspecified atom stereocenters. The number of hydrogen-bond acceptors (Lipinski definition) is 4. The van der Waals surface area contributed by atoms with E-state index in [1.165, 1.54) is 0 Å². The topological polar surface area (TPSA) is 40.0 Å². The van der Waals surface area contributed by atoms with Crippen molar-refractivity contribution < 1.29 is 14.2 Å². The molecule has 122 valence electrons. The van der Waals surface area contributed by atoms with Gasteiger partial charge < -0.3 is 14.2 Å². The molecule has 4 nitrogen and oxygen atoms in total. The average Bonchev–Trinajstić information content (AvgIpc) is 2.59. The summed E-state index contributed by atoms with van der Waals surface area (Å²) in [5.41, 5.74) is 2.06. The van der Waals surface area contributed by atoms with Gasteiger partial charge in [0.05, 0.1) is 24.9 Å². The maximum Gasteiger partial charge on any atom is 0.132 e. The lowest BCUT2D eigenvalue weighted by Crippen LogP contribution is -1.99. The molecule has 0 radical (unpaired) electrons. The predicted octanol–water partition coefficient (Wildman–Crippen LogP) is 3.98. The maximum absolute atomic E-state index is 5.45. The first-order valence-electron chi connectivity index (χ1n) is 7.22. The average molecular weight is 425 g/mol. The zero-order chi connectivity index (χ0) is 16.7. The van der Waals surface area contributed by atoms with Crippen molar-refractivity contribution in [1.29, 1.82) is 0 Å². The zero-order valence-corrected chi connectivity index (χ0v) is 15.7. The van der Waals surface area contributed by atoms with Gasteiger partial charge in [0.1, 0.15) is 17.2 Å². The van der Waals surface area contributed by atoms with Crippen LogP contribution < -0.4 is 14.2 Å². The van der Waals surface area contributed by atoms with Gasteiger partial charge in [-0.1, -0.05) is 12.1 Å². The lowest BCUT2D eigenvalue weighted by atomic mass is 10.1. The van der Waals surface area contributed by atoms with Gasteiger partial charge in [0, 0.05) is 18.3 Å². The summed E-state index contributed by atoms with van der Waals surface area (Å²) in [7, 11) is 5.02. The fourth-order valence-corrected chi connectivity index (χ4v) is 2.90. The van der Waals surface area contributed by atoms with Crippen molar-refractivity contribution in [2.75, 3.05) is 27.9 Å². The number of nitrogens with zero attached hydrogens (tertiary/aromatic N) is 1. The van der Waals surface area contributed by atoms with Crippen LogP contribution in [0.2, 0.25) is 0 Å². The number of benzene rings is 2. The van der Waals surface area contributed by atoms with Gasteiger partial charge in [0.15, 0.2) is 0 Å². The molecular weight excluding hydrogens is 405 g/mol. The first-order valence-corrected chi connectivity index (χ1v) is 8.30. The van der Waals surface area contributed by atoms with Gasteiger partial charge in [-0.15, -0.1) is 0 Å². The van der Waals surface area contributed by atoms with Crippen LogP contribution in [-0.2, 0) is 6.42 Å². The van der Waals surface area contributed by atoms with Gasteiger partial charge in [0.2, 0.25) is 0 Å². The minimum absolute atomic E-state index is 0.665. The van der Waals surface area contributed by atoms with Crippen LogP contribution in [0.25, 0.3) is 0 Å². The Kier molecular flexibility index (Phi) is 6.70. The van der Waals surface area contributed by atoms with Gasteiger partial charge in [-0.25, -0.2) is 0 Å². The highest BCUT2D eigenvalue weighted by molar-refractivity contribution is 14.1. The summed E-state index contributed by atoms with van der Waals surface area (Å²) >= 11 is 2.24. The van der Waals surface area contributed by atoms with E-state index in [1.54, 1.807) is 21.3 Å². The highest BCUT2D eigenvalue weighted by atomic mass is 127. The van der Waals surface area contributed by atoms with E-state index in [4.69, 9.17) is 14.2 Å². The van der Waals surface area contributed by atoms with E-state index in [1.807, 2.05) is 42.6 Å². The standard InChI is InChI=1S/C18H20INO3/c1-21-16-7-5-4-6-14(16)12-20-9-8-13-10-18(23-3)15(19)11-17(13)22-2/h4-7,10-12H,8-9H2,1-3H3. The van der Waals surface area contributed by atoms with Gasteiger partial charge in [-0.2, -0.15) is 0 Å². The van der Waals surface area contributed by atoms with Gasteiger partial charge in [-0.3, -0.25) is 4.99 Å². The molecule has 0 aliphatic carbocycles. The minimum atomic E-state index is 0.665. The fraction of sp³-hybridized carbons (Fsp3) is 0.278. The first kappa shape index (κ1) is 17.6. The Morgan fingerprint density at radius 2 is 1.65 bits per heavy atom. The molecule has 0 bridgehead atoms. The number of hydrogen-bond donors (Lipinski definition) is 0. The van der Waals surface area contributed by atoms with E-state index in [0.29, 0.717) is 6.54 Å². The van der Waals surface area contributed by atoms with Crippen molar-refractivity contribution in [1.82, 2.24) is 0 Å². The lowest BCUT2D eigenvalue weighted by Gasteiger charge is -2.11. The van der Waals surface area contributed by atoms with E-state index in [2.05, 4.69) is 27.6 Å². The number of ether oxygens (including phenoxy) is 3. The van der Waals surface area contributed by atoms with Crippen LogP contribution in [0.5, 0.6) is 17.2 Å². The van der Waals surface area contributed by atoms with Gasteiger partial charge in [-0.05, 0) is 58.8 Å². The van der Waals surface area contributed by atoms with Gasteiger partial charge in [0.25, 0.3) is 0 Å². The monoisotopic (exact) mass is 425 g/mol. The Labute approximate surface area is 150 Å². The zero-order valence-electron chi connectivity index (χ0n) is 13.5. The molecule has 0 heterocycles. The number of rotatable bonds is 7. The predicted molar refractivity (Wildman–Crippen MR) is 101 cm³/mol. The van der Waals surface area contributed by atoms with Crippen molar-refractivity contribution in [2.45, 2.75) is 6.42 Å². The molecule has 0 amide bonds. The van der Waals surface area contributed by atoms with E-state index in [0.717, 1.165) is 38.4 Å². The molecule has 2 aromatic rings. The Balaban J connectivity index is 2.07. The largest absolute Gasteiger partial charge is 0.496 e. The molecule has 2 rings (SSSR count). The third-order valence-electron chi connectivity index (χ3n) is 3.43. The normalized spacial score (nSPS) is 10.8. The Bertz CT molecular complexity index is 686. The summed E-state index contributed by atoms with van der Waals surface area (Å²) in [6.45, 7) is 0.665. The van der Waals surface area contributed by atoms with Crippen molar-refractivity contribution >= 4 is 28.8 Å². The first-order chi connectivity index (χ1) is 11.2. The second-order valence-electron chi connectivity index (χ2n) is 4.83. The van der Waals surface area contributed by atoms with E-state index in [-0.39, 0.29) is 0 Å². The Hall–Kier alpha value is -1.76. The fourth-order valence-electron chi connectivity index (χ4n) is 2.24. The second-order valence-corrected chi connectivity index (χ2v) is 5.99. The molecule has 0 atom stereocenters. The Morgan fingerprint density at radius 1 is 0.957 bits per heavy atom. The van der Waals surface area contributed by atoms with E-state index in [9.17, 15) is 0 Å². The molecule has 23 heavy (non-hydrogen) atoms. The summed E-state index contributed by atoms with van der Waals surface area (Å²) in [6.07, 6.45) is 2.62. The SMILES string of the molecule is COc1cc(CCN=Cc2ccccc2OC)c(OC)cc1I. The highest BCUT2D eigenvalue weighted by Gasteiger charge is 2.09. The molecule has 0 aromatic heterocycles. The number of halogens is 1. The van der Waals surface area contributed by atoms with Gasteiger partial charge >= 0.3 is 0 Å². The number of aliphatic imine (C=N–C) groups is 1. The summed E-state index contributed by atoms with van der Waals surface area (Å²) in [4.78, 5) is 4.50. The maximum atomic E-state index is 5.45. The van der Waals surface area contributed by atoms with Crippen molar-refractivity contribution in [3.8, 4) is 17.2 Å².